The molecule has 1 aliphatic rings. The summed E-state index contributed by atoms with van der Waals surface area (Å²) in [6.07, 6.45) is 6.62. The third-order valence-corrected chi connectivity index (χ3v) is 5.87. The summed E-state index contributed by atoms with van der Waals surface area (Å²) in [6.45, 7) is 4.53. The predicted octanol–water partition coefficient (Wildman–Crippen LogP) is 4.87. The van der Waals surface area contributed by atoms with Crippen LogP contribution in [0.4, 0.5) is 5.82 Å². The summed E-state index contributed by atoms with van der Waals surface area (Å²) in [7, 11) is 0. The topological polar surface area (TPSA) is 83.0 Å². The van der Waals surface area contributed by atoms with Gasteiger partial charge < -0.3 is 15.0 Å². The van der Waals surface area contributed by atoms with Crippen LogP contribution in [-0.2, 0) is 4.74 Å². The molecule has 4 rings (SSSR count). The molecule has 1 saturated carbocycles. The molecule has 1 aliphatic carbocycles. The van der Waals surface area contributed by atoms with Crippen LogP contribution in [-0.4, -0.2) is 27.1 Å². The SMILES string of the molecule is CC[C@@H](C)COC(=O)c1c(N)n(C2CCCCC2)c2nc3ccccc3nc12. The fourth-order valence-corrected chi connectivity index (χ4v) is 4.00. The van der Waals surface area contributed by atoms with Crippen molar-refractivity contribution in [3.8, 4) is 0 Å². The number of fused-ring (bicyclic) bond motifs is 2. The number of esters is 1. The van der Waals surface area contributed by atoms with E-state index >= 15 is 0 Å². The van der Waals surface area contributed by atoms with Gasteiger partial charge in [-0.05, 0) is 30.9 Å². The minimum Gasteiger partial charge on any atom is -0.462 e. The van der Waals surface area contributed by atoms with Gasteiger partial charge in [-0.1, -0.05) is 51.7 Å². The second-order valence-corrected chi connectivity index (χ2v) is 7.92. The number of rotatable bonds is 5. The third kappa shape index (κ3) is 3.32. The maximum Gasteiger partial charge on any atom is 0.344 e. The molecule has 148 valence electrons. The first-order valence-electron chi connectivity index (χ1n) is 10.3. The number of hydrogen-bond acceptors (Lipinski definition) is 5. The van der Waals surface area contributed by atoms with Gasteiger partial charge in [0.05, 0.1) is 17.6 Å². The smallest absolute Gasteiger partial charge is 0.344 e. The van der Waals surface area contributed by atoms with Gasteiger partial charge in [0.1, 0.15) is 16.9 Å². The van der Waals surface area contributed by atoms with Crippen molar-refractivity contribution in [2.75, 3.05) is 12.3 Å². The summed E-state index contributed by atoms with van der Waals surface area (Å²) in [5.41, 5.74) is 9.71. The monoisotopic (exact) mass is 380 g/mol. The summed E-state index contributed by atoms with van der Waals surface area (Å²) in [5, 5.41) is 0. The lowest BCUT2D eigenvalue weighted by Gasteiger charge is -2.25. The highest BCUT2D eigenvalue weighted by Gasteiger charge is 2.29. The molecule has 0 amide bonds. The Morgan fingerprint density at radius 1 is 1.21 bits per heavy atom. The Kier molecular flexibility index (Phi) is 5.20. The number of nitrogens with zero attached hydrogens (tertiary/aromatic N) is 3. The number of ether oxygens (including phenoxy) is 1. The second-order valence-electron chi connectivity index (χ2n) is 7.92. The molecule has 1 aromatic carbocycles. The fraction of sp³-hybridized carbons (Fsp3) is 0.500. The van der Waals surface area contributed by atoms with Crippen molar-refractivity contribution in [2.24, 2.45) is 5.92 Å². The molecule has 0 aliphatic heterocycles. The van der Waals surface area contributed by atoms with Crippen LogP contribution < -0.4 is 5.73 Å². The number of aromatic nitrogens is 3. The number of hydrogen-bond donors (Lipinski definition) is 1. The summed E-state index contributed by atoms with van der Waals surface area (Å²) >= 11 is 0. The molecule has 0 unspecified atom stereocenters. The largest absolute Gasteiger partial charge is 0.462 e. The van der Waals surface area contributed by atoms with Crippen LogP contribution in [0.5, 0.6) is 0 Å². The first kappa shape index (κ1) is 18.7. The Hall–Kier alpha value is -2.63. The highest BCUT2D eigenvalue weighted by atomic mass is 16.5. The number of carbonyl (C=O) groups is 1. The zero-order chi connectivity index (χ0) is 19.7. The zero-order valence-electron chi connectivity index (χ0n) is 16.6. The van der Waals surface area contributed by atoms with Gasteiger partial charge in [-0.15, -0.1) is 0 Å². The van der Waals surface area contributed by atoms with Crippen LogP contribution in [0, 0.1) is 5.92 Å². The van der Waals surface area contributed by atoms with Crippen LogP contribution >= 0.6 is 0 Å². The molecule has 0 radical (unpaired) electrons. The van der Waals surface area contributed by atoms with Crippen LogP contribution in [0.25, 0.3) is 22.2 Å². The van der Waals surface area contributed by atoms with E-state index in [0.29, 0.717) is 35.1 Å². The van der Waals surface area contributed by atoms with E-state index in [4.69, 9.17) is 20.4 Å². The highest BCUT2D eigenvalue weighted by Crippen LogP contribution is 2.37. The Balaban J connectivity index is 1.86. The molecule has 3 aromatic rings. The van der Waals surface area contributed by atoms with Gasteiger partial charge in [0, 0.05) is 6.04 Å². The number of nitrogen functional groups attached to an aromatic ring is 1. The molecule has 28 heavy (non-hydrogen) atoms. The van der Waals surface area contributed by atoms with Crippen LogP contribution in [0.1, 0.15) is 68.8 Å². The van der Waals surface area contributed by atoms with Gasteiger partial charge in [0.25, 0.3) is 0 Å². The molecule has 2 aromatic heterocycles. The molecule has 1 atom stereocenters. The van der Waals surface area contributed by atoms with Gasteiger partial charge in [-0.2, -0.15) is 0 Å². The third-order valence-electron chi connectivity index (χ3n) is 5.87. The molecule has 1 fully saturated rings. The van der Waals surface area contributed by atoms with Crippen molar-refractivity contribution in [3.63, 3.8) is 0 Å². The fourth-order valence-electron chi connectivity index (χ4n) is 4.00. The van der Waals surface area contributed by atoms with Crippen molar-refractivity contribution in [3.05, 3.63) is 29.8 Å². The number of benzene rings is 1. The van der Waals surface area contributed by atoms with Crippen LogP contribution in [0.3, 0.4) is 0 Å². The molecule has 2 N–H and O–H groups in total. The Labute approximate surface area is 165 Å². The average molecular weight is 380 g/mol. The van der Waals surface area contributed by atoms with E-state index in [2.05, 4.69) is 13.8 Å². The van der Waals surface area contributed by atoms with E-state index in [0.717, 1.165) is 30.3 Å². The quantitative estimate of drug-likeness (QED) is 0.638. The molecule has 0 bridgehead atoms. The lowest BCUT2D eigenvalue weighted by atomic mass is 9.95. The Morgan fingerprint density at radius 3 is 2.57 bits per heavy atom. The van der Waals surface area contributed by atoms with E-state index in [1.807, 2.05) is 28.8 Å². The lowest BCUT2D eigenvalue weighted by molar-refractivity contribution is 0.0450. The van der Waals surface area contributed by atoms with Crippen molar-refractivity contribution in [2.45, 2.75) is 58.4 Å². The molecular formula is C22H28N4O2. The van der Waals surface area contributed by atoms with Gasteiger partial charge in [-0.3, -0.25) is 0 Å². The van der Waals surface area contributed by atoms with Crippen LogP contribution in [0.15, 0.2) is 24.3 Å². The van der Waals surface area contributed by atoms with E-state index < -0.39 is 5.97 Å². The number of carbonyl (C=O) groups excluding carboxylic acids is 1. The number of anilines is 1. The first-order chi connectivity index (χ1) is 13.6. The summed E-state index contributed by atoms with van der Waals surface area (Å²) in [5.74, 6) is 0.345. The second kappa shape index (κ2) is 7.78. The Bertz CT molecular complexity index is 1000. The van der Waals surface area contributed by atoms with Crippen molar-refractivity contribution in [1.82, 2.24) is 14.5 Å². The molecular weight excluding hydrogens is 352 g/mol. The number of para-hydroxylation sites is 2. The van der Waals surface area contributed by atoms with E-state index in [9.17, 15) is 4.79 Å². The molecule has 6 nitrogen and oxygen atoms in total. The minimum absolute atomic E-state index is 0.253. The normalized spacial score (nSPS) is 16.5. The van der Waals surface area contributed by atoms with Gasteiger partial charge in [0.15, 0.2) is 5.65 Å². The molecule has 6 heteroatoms. The molecule has 0 spiro atoms. The molecule has 2 heterocycles. The maximum absolute atomic E-state index is 12.9. The lowest BCUT2D eigenvalue weighted by Crippen LogP contribution is -2.17. The number of nitrogens with two attached hydrogens (primary N) is 1. The van der Waals surface area contributed by atoms with Gasteiger partial charge in [0.2, 0.25) is 0 Å². The zero-order valence-corrected chi connectivity index (χ0v) is 16.6. The predicted molar refractivity (Wildman–Crippen MR) is 111 cm³/mol. The summed E-state index contributed by atoms with van der Waals surface area (Å²) < 4.78 is 7.62. The first-order valence-corrected chi connectivity index (χ1v) is 10.3. The van der Waals surface area contributed by atoms with Crippen molar-refractivity contribution < 1.29 is 9.53 Å². The van der Waals surface area contributed by atoms with E-state index in [1.54, 1.807) is 0 Å². The Morgan fingerprint density at radius 2 is 1.89 bits per heavy atom. The van der Waals surface area contributed by atoms with Crippen molar-refractivity contribution >= 4 is 34.0 Å². The van der Waals surface area contributed by atoms with Gasteiger partial charge >= 0.3 is 5.97 Å². The van der Waals surface area contributed by atoms with Crippen molar-refractivity contribution in [1.29, 1.82) is 0 Å². The maximum atomic E-state index is 12.9. The van der Waals surface area contributed by atoms with Gasteiger partial charge in [-0.25, -0.2) is 14.8 Å². The summed E-state index contributed by atoms with van der Waals surface area (Å²) in [4.78, 5) is 22.5. The average Bonchev–Trinajstić information content (AvgIpc) is 3.01. The van der Waals surface area contributed by atoms with Crippen LogP contribution in [0.2, 0.25) is 0 Å². The summed E-state index contributed by atoms with van der Waals surface area (Å²) in [6, 6.07) is 7.97. The molecule has 0 saturated heterocycles. The minimum atomic E-state index is -0.401. The standard InChI is InChI=1S/C22H28N4O2/c1-3-14(2)13-28-22(27)18-19-21(25-17-12-8-7-11-16(17)24-19)26(20(18)23)15-9-5-4-6-10-15/h7-8,11-12,14-15H,3-6,9-10,13,23H2,1-2H3/t14-/m1/s1. The highest BCUT2D eigenvalue weighted by molar-refractivity contribution is 6.08. The van der Waals surface area contributed by atoms with E-state index in [1.165, 1.54) is 19.3 Å². The van der Waals surface area contributed by atoms with E-state index in [-0.39, 0.29) is 6.04 Å².